The number of furan rings is 1. The van der Waals surface area contributed by atoms with Gasteiger partial charge >= 0.3 is 0 Å². The Kier molecular flexibility index (Phi) is 3.37. The van der Waals surface area contributed by atoms with E-state index in [0.29, 0.717) is 11.7 Å². The number of imidazole rings is 1. The number of pyridine rings is 1. The van der Waals surface area contributed by atoms with Crippen LogP contribution in [0.3, 0.4) is 0 Å². The number of rotatable bonds is 3. The summed E-state index contributed by atoms with van der Waals surface area (Å²) in [5.74, 6) is 1.84. The fourth-order valence-electron chi connectivity index (χ4n) is 3.25. The maximum atomic E-state index is 12.3. The van der Waals surface area contributed by atoms with Crippen molar-refractivity contribution in [3.05, 3.63) is 48.3 Å². The molecule has 0 spiro atoms. The first-order valence-electron chi connectivity index (χ1n) is 7.81. The Bertz CT molecular complexity index is 838. The molecule has 0 aromatic carbocycles. The molecule has 0 unspecified atom stereocenters. The third-order valence-electron chi connectivity index (χ3n) is 4.50. The Morgan fingerprint density at radius 3 is 3.09 bits per heavy atom. The van der Waals surface area contributed by atoms with Crippen LogP contribution in [0.2, 0.25) is 0 Å². The minimum absolute atomic E-state index is 0.0239. The molecular formula is C17H18N4O2. The van der Waals surface area contributed by atoms with Gasteiger partial charge in [-0.05, 0) is 36.6 Å². The minimum atomic E-state index is -0.0239. The quantitative estimate of drug-likeness (QED) is 0.744. The molecule has 1 saturated heterocycles. The maximum Gasteiger partial charge on any atom is 0.289 e. The number of fused-ring (bicyclic) bond motifs is 1. The molecule has 6 nitrogen and oxygen atoms in total. The topological polar surface area (TPSA) is 64.2 Å². The number of hydrogen-bond acceptors (Lipinski definition) is 4. The van der Waals surface area contributed by atoms with Gasteiger partial charge < -0.3 is 13.9 Å². The van der Waals surface area contributed by atoms with Gasteiger partial charge in [-0.2, -0.15) is 0 Å². The van der Waals surface area contributed by atoms with Crippen LogP contribution in [0.1, 0.15) is 22.8 Å². The molecule has 6 heteroatoms. The van der Waals surface area contributed by atoms with E-state index in [1.165, 1.54) is 6.26 Å². The number of aryl methyl sites for hydroxylation is 1. The summed E-state index contributed by atoms with van der Waals surface area (Å²) in [4.78, 5) is 23.2. The molecule has 1 aliphatic heterocycles. The molecule has 4 rings (SSSR count). The number of amides is 1. The van der Waals surface area contributed by atoms with Crippen LogP contribution in [0.15, 0.2) is 41.1 Å². The van der Waals surface area contributed by atoms with Crippen LogP contribution < -0.4 is 0 Å². The van der Waals surface area contributed by atoms with Crippen LogP contribution in [0.25, 0.3) is 11.2 Å². The van der Waals surface area contributed by atoms with Crippen molar-refractivity contribution in [3.63, 3.8) is 0 Å². The highest BCUT2D eigenvalue weighted by Gasteiger charge is 2.29. The smallest absolute Gasteiger partial charge is 0.289 e. The molecular weight excluding hydrogens is 292 g/mol. The van der Waals surface area contributed by atoms with Crippen LogP contribution in [-0.4, -0.2) is 38.4 Å². The molecule has 4 heterocycles. The first kappa shape index (κ1) is 14.0. The van der Waals surface area contributed by atoms with Crippen molar-refractivity contribution >= 4 is 17.1 Å². The Hall–Kier alpha value is -2.63. The molecule has 0 aliphatic carbocycles. The normalized spacial score (nSPS) is 18.0. The van der Waals surface area contributed by atoms with Gasteiger partial charge in [0.25, 0.3) is 5.91 Å². The van der Waals surface area contributed by atoms with Crippen molar-refractivity contribution < 1.29 is 9.21 Å². The average Bonchev–Trinajstić information content (AvgIpc) is 3.29. The molecule has 1 atom stereocenters. The standard InChI is InChI=1S/C17H18N4O2/c1-20-15(19-13-4-2-7-18-16(13)20)10-12-6-8-21(11-12)17(22)14-5-3-9-23-14/h2-5,7,9,12H,6,8,10-11H2,1H3/t12-/m1/s1. The highest BCUT2D eigenvalue weighted by molar-refractivity contribution is 5.91. The summed E-state index contributed by atoms with van der Waals surface area (Å²) in [6.45, 7) is 1.52. The second kappa shape index (κ2) is 5.53. The van der Waals surface area contributed by atoms with E-state index in [4.69, 9.17) is 4.42 Å². The molecule has 0 bridgehead atoms. The van der Waals surface area contributed by atoms with Gasteiger partial charge in [0.1, 0.15) is 11.3 Å². The Labute approximate surface area is 133 Å². The van der Waals surface area contributed by atoms with Crippen molar-refractivity contribution in [1.82, 2.24) is 19.4 Å². The third kappa shape index (κ3) is 2.50. The minimum Gasteiger partial charge on any atom is -0.459 e. The van der Waals surface area contributed by atoms with E-state index in [2.05, 4.69) is 9.97 Å². The van der Waals surface area contributed by atoms with Gasteiger partial charge in [0.05, 0.1) is 6.26 Å². The van der Waals surface area contributed by atoms with Crippen LogP contribution in [0.5, 0.6) is 0 Å². The molecule has 0 radical (unpaired) electrons. The van der Waals surface area contributed by atoms with Gasteiger partial charge in [-0.1, -0.05) is 0 Å². The van der Waals surface area contributed by atoms with E-state index in [-0.39, 0.29) is 5.91 Å². The van der Waals surface area contributed by atoms with Gasteiger partial charge in [-0.15, -0.1) is 0 Å². The van der Waals surface area contributed by atoms with E-state index in [1.54, 1.807) is 18.3 Å². The molecule has 23 heavy (non-hydrogen) atoms. The lowest BCUT2D eigenvalue weighted by Crippen LogP contribution is -2.28. The number of likely N-dealkylation sites (tertiary alicyclic amines) is 1. The van der Waals surface area contributed by atoms with Crippen LogP contribution in [0.4, 0.5) is 0 Å². The molecule has 1 fully saturated rings. The summed E-state index contributed by atoms with van der Waals surface area (Å²) in [6.07, 6.45) is 5.16. The summed E-state index contributed by atoms with van der Waals surface area (Å²) in [5.41, 5.74) is 1.83. The van der Waals surface area contributed by atoms with Crippen LogP contribution >= 0.6 is 0 Å². The SMILES string of the molecule is Cn1c(C[C@H]2CCN(C(=O)c3ccco3)C2)nc2cccnc21. The maximum absolute atomic E-state index is 12.3. The van der Waals surface area contributed by atoms with Gasteiger partial charge in [-0.3, -0.25) is 4.79 Å². The van der Waals surface area contributed by atoms with Gasteiger partial charge in [-0.25, -0.2) is 9.97 Å². The number of nitrogens with zero attached hydrogens (tertiary/aromatic N) is 4. The summed E-state index contributed by atoms with van der Waals surface area (Å²) in [7, 11) is 2.00. The van der Waals surface area contributed by atoms with Crippen molar-refractivity contribution in [2.45, 2.75) is 12.8 Å². The van der Waals surface area contributed by atoms with Crippen molar-refractivity contribution in [1.29, 1.82) is 0 Å². The largest absolute Gasteiger partial charge is 0.459 e. The Morgan fingerprint density at radius 2 is 2.30 bits per heavy atom. The predicted molar refractivity (Wildman–Crippen MR) is 84.9 cm³/mol. The van der Waals surface area contributed by atoms with Gasteiger partial charge in [0, 0.05) is 32.8 Å². The second-order valence-electron chi connectivity index (χ2n) is 6.02. The van der Waals surface area contributed by atoms with E-state index in [0.717, 1.165) is 42.9 Å². The van der Waals surface area contributed by atoms with E-state index >= 15 is 0 Å². The highest BCUT2D eigenvalue weighted by atomic mass is 16.3. The van der Waals surface area contributed by atoms with Crippen molar-refractivity contribution in [3.8, 4) is 0 Å². The summed E-state index contributed by atoms with van der Waals surface area (Å²) < 4.78 is 7.25. The predicted octanol–water partition coefficient (Wildman–Crippen LogP) is 2.27. The molecule has 118 valence electrons. The highest BCUT2D eigenvalue weighted by Crippen LogP contribution is 2.23. The average molecular weight is 310 g/mol. The fourth-order valence-corrected chi connectivity index (χ4v) is 3.25. The fraction of sp³-hybridized carbons (Fsp3) is 0.353. The second-order valence-corrected chi connectivity index (χ2v) is 6.02. The summed E-state index contributed by atoms with van der Waals surface area (Å²) in [6, 6.07) is 7.34. The first-order valence-corrected chi connectivity index (χ1v) is 7.81. The molecule has 0 N–H and O–H groups in total. The lowest BCUT2D eigenvalue weighted by Gasteiger charge is -2.15. The van der Waals surface area contributed by atoms with Crippen molar-refractivity contribution in [2.24, 2.45) is 13.0 Å². The van der Waals surface area contributed by atoms with E-state index in [1.807, 2.05) is 28.6 Å². The van der Waals surface area contributed by atoms with Crippen molar-refractivity contribution in [2.75, 3.05) is 13.1 Å². The zero-order valence-corrected chi connectivity index (χ0v) is 13.0. The molecule has 0 saturated carbocycles. The number of carbonyl (C=O) groups is 1. The number of aromatic nitrogens is 3. The molecule has 1 aliphatic rings. The van der Waals surface area contributed by atoms with Gasteiger partial charge in [0.2, 0.25) is 0 Å². The molecule has 3 aromatic rings. The Morgan fingerprint density at radius 1 is 1.39 bits per heavy atom. The first-order chi connectivity index (χ1) is 11.2. The zero-order valence-electron chi connectivity index (χ0n) is 13.0. The lowest BCUT2D eigenvalue weighted by molar-refractivity contribution is 0.0755. The monoisotopic (exact) mass is 310 g/mol. The number of hydrogen-bond donors (Lipinski definition) is 0. The van der Waals surface area contributed by atoms with Crippen LogP contribution in [-0.2, 0) is 13.5 Å². The Balaban J connectivity index is 1.48. The summed E-state index contributed by atoms with van der Waals surface area (Å²) in [5, 5.41) is 0. The molecule has 1 amide bonds. The lowest BCUT2D eigenvalue weighted by atomic mass is 10.0. The van der Waals surface area contributed by atoms with E-state index < -0.39 is 0 Å². The zero-order chi connectivity index (χ0) is 15.8. The third-order valence-corrected chi connectivity index (χ3v) is 4.50. The van der Waals surface area contributed by atoms with Gasteiger partial charge in [0.15, 0.2) is 11.4 Å². The van der Waals surface area contributed by atoms with E-state index in [9.17, 15) is 4.79 Å². The van der Waals surface area contributed by atoms with Crippen LogP contribution in [0, 0.1) is 5.92 Å². The summed E-state index contributed by atoms with van der Waals surface area (Å²) >= 11 is 0. The number of carbonyl (C=O) groups excluding carboxylic acids is 1. The molecule has 3 aromatic heterocycles.